The lowest BCUT2D eigenvalue weighted by atomic mass is 9.90. The molecule has 2 aromatic rings. The van der Waals surface area contributed by atoms with Gasteiger partial charge in [0.25, 0.3) is 5.91 Å². The Morgan fingerprint density at radius 3 is 2.65 bits per heavy atom. The fourth-order valence-electron chi connectivity index (χ4n) is 4.96. The van der Waals surface area contributed by atoms with E-state index in [9.17, 15) is 4.79 Å². The monoisotopic (exact) mass is 475 g/mol. The third-order valence-corrected chi connectivity index (χ3v) is 7.84. The number of aryl methyl sites for hydroxylation is 2. The average Bonchev–Trinajstić information content (AvgIpc) is 3.37. The van der Waals surface area contributed by atoms with E-state index in [4.69, 9.17) is 15.2 Å². The zero-order chi connectivity index (χ0) is 24.0. The number of thioether (sulfide) groups is 1. The molecule has 7 nitrogen and oxygen atoms in total. The van der Waals surface area contributed by atoms with Crippen LogP contribution in [0.5, 0.6) is 5.75 Å². The number of hydrogen-bond donors (Lipinski definition) is 1. The van der Waals surface area contributed by atoms with E-state index in [2.05, 4.69) is 15.6 Å². The molecular weight excluding hydrogens is 446 g/mol. The molecule has 0 unspecified atom stereocenters. The van der Waals surface area contributed by atoms with Crippen molar-refractivity contribution in [3.63, 3.8) is 0 Å². The first-order valence-electron chi connectivity index (χ1n) is 11.7. The van der Waals surface area contributed by atoms with Gasteiger partial charge in [0.05, 0.1) is 18.4 Å². The largest absolute Gasteiger partial charge is 0.495 e. The summed E-state index contributed by atoms with van der Waals surface area (Å²) < 4.78 is 7.72. The molecule has 0 bridgehead atoms. The summed E-state index contributed by atoms with van der Waals surface area (Å²) in [4.78, 5) is 17.2. The number of benzene rings is 1. The Kier molecular flexibility index (Phi) is 5.93. The lowest BCUT2D eigenvalue weighted by Gasteiger charge is -2.20. The highest BCUT2D eigenvalue weighted by atomic mass is 32.2. The average molecular weight is 476 g/mol. The molecule has 0 atom stereocenters. The van der Waals surface area contributed by atoms with Crippen molar-refractivity contribution in [3.8, 4) is 11.4 Å². The number of carbonyl (C=O) groups is 1. The summed E-state index contributed by atoms with van der Waals surface area (Å²) in [5.74, 6) is 0.889. The maximum atomic E-state index is 12.9. The van der Waals surface area contributed by atoms with Gasteiger partial charge < -0.3 is 9.30 Å². The third-order valence-electron chi connectivity index (χ3n) is 6.77. The fourth-order valence-corrected chi connectivity index (χ4v) is 6.02. The Morgan fingerprint density at radius 1 is 1.15 bits per heavy atom. The first kappa shape index (κ1) is 22.7. The number of hydrogen-bond acceptors (Lipinski definition) is 5. The molecular formula is C26H29N5O2S. The number of methoxy groups -OCH3 is 1. The molecule has 1 fully saturated rings. The highest BCUT2D eigenvalue weighted by molar-refractivity contribution is 8.27. The topological polar surface area (TPSA) is 83.0 Å². The maximum Gasteiger partial charge on any atom is 0.283 e. The number of aromatic nitrogens is 1. The van der Waals surface area contributed by atoms with Crippen LogP contribution in [-0.4, -0.2) is 38.6 Å². The van der Waals surface area contributed by atoms with Gasteiger partial charge in [0.2, 0.25) is 5.17 Å². The Labute approximate surface area is 204 Å². The van der Waals surface area contributed by atoms with Crippen LogP contribution < -0.4 is 4.74 Å². The molecule has 0 spiro atoms. The molecule has 2 aliphatic heterocycles. The summed E-state index contributed by atoms with van der Waals surface area (Å²) >= 11 is 1.45. The van der Waals surface area contributed by atoms with E-state index in [-0.39, 0.29) is 17.3 Å². The number of amidine groups is 2. The van der Waals surface area contributed by atoms with E-state index in [1.165, 1.54) is 36.0 Å². The van der Waals surface area contributed by atoms with Gasteiger partial charge in [-0.25, -0.2) is 0 Å². The number of aliphatic imine (C=N–C) groups is 1. The number of amides is 1. The van der Waals surface area contributed by atoms with Crippen molar-refractivity contribution in [2.45, 2.75) is 52.9 Å². The maximum absolute atomic E-state index is 12.9. The van der Waals surface area contributed by atoms with Gasteiger partial charge in [-0.3, -0.25) is 10.2 Å². The summed E-state index contributed by atoms with van der Waals surface area (Å²) in [6.07, 6.45) is 7.69. The number of rotatable bonds is 4. The second kappa shape index (κ2) is 8.91. The molecule has 5 rings (SSSR count). The number of nitrogens with one attached hydrogen (secondary N) is 1. The molecule has 3 aliphatic rings. The molecule has 176 valence electrons. The van der Waals surface area contributed by atoms with Gasteiger partial charge in [-0.15, -0.1) is 0 Å². The number of nitrogens with zero attached hydrogens (tertiary/aromatic N) is 4. The SMILES string of the molecule is COc1ccc(C)cc1-n1c(C)cc(/C=C2\C(=N)N3N=C(C4CCCCC4)SC3=NC2=O)c1C. The van der Waals surface area contributed by atoms with Crippen LogP contribution in [0, 0.1) is 32.1 Å². The van der Waals surface area contributed by atoms with Crippen molar-refractivity contribution in [3.05, 3.63) is 52.4 Å². The van der Waals surface area contributed by atoms with Crippen molar-refractivity contribution in [2.24, 2.45) is 16.0 Å². The van der Waals surface area contributed by atoms with Crippen LogP contribution in [0.4, 0.5) is 0 Å². The Balaban J connectivity index is 1.50. The zero-order valence-electron chi connectivity index (χ0n) is 20.0. The van der Waals surface area contributed by atoms with Crippen molar-refractivity contribution < 1.29 is 9.53 Å². The lowest BCUT2D eigenvalue weighted by Crippen LogP contribution is -2.35. The first-order valence-corrected chi connectivity index (χ1v) is 12.5. The van der Waals surface area contributed by atoms with Gasteiger partial charge in [-0.05, 0) is 80.8 Å². The quantitative estimate of drug-likeness (QED) is 0.583. The predicted molar refractivity (Wildman–Crippen MR) is 138 cm³/mol. The van der Waals surface area contributed by atoms with Crippen LogP contribution in [0.2, 0.25) is 0 Å². The summed E-state index contributed by atoms with van der Waals surface area (Å²) in [6, 6.07) is 8.10. The second-order valence-electron chi connectivity index (χ2n) is 9.13. The second-order valence-corrected chi connectivity index (χ2v) is 10.1. The van der Waals surface area contributed by atoms with E-state index in [1.54, 1.807) is 13.2 Å². The molecule has 1 aliphatic carbocycles. The highest BCUT2D eigenvalue weighted by Gasteiger charge is 2.38. The van der Waals surface area contributed by atoms with Crippen LogP contribution in [0.3, 0.4) is 0 Å². The summed E-state index contributed by atoms with van der Waals surface area (Å²) in [5, 5.41) is 16.5. The molecule has 1 saturated carbocycles. The lowest BCUT2D eigenvalue weighted by molar-refractivity contribution is -0.114. The fraction of sp³-hybridized carbons (Fsp3) is 0.385. The van der Waals surface area contributed by atoms with Crippen LogP contribution in [-0.2, 0) is 4.79 Å². The van der Waals surface area contributed by atoms with Gasteiger partial charge in [0.1, 0.15) is 10.8 Å². The zero-order valence-corrected chi connectivity index (χ0v) is 20.8. The number of ether oxygens (including phenoxy) is 1. The molecule has 1 aromatic carbocycles. The van der Waals surface area contributed by atoms with Gasteiger partial charge in [-0.2, -0.15) is 15.1 Å². The van der Waals surface area contributed by atoms with E-state index < -0.39 is 0 Å². The van der Waals surface area contributed by atoms with Crippen LogP contribution in [0.25, 0.3) is 11.8 Å². The Bertz CT molecular complexity index is 1280. The van der Waals surface area contributed by atoms with Gasteiger partial charge in [0, 0.05) is 17.3 Å². The molecule has 3 heterocycles. The van der Waals surface area contributed by atoms with Crippen LogP contribution in [0.15, 0.2) is 39.9 Å². The standard InChI is InChI=1S/C26H29N5O2S/c1-15-10-11-22(33-4)21(12-15)30-16(2)13-19(17(30)3)14-20-23(27)31-26(28-24(20)32)34-25(29-31)18-8-6-5-7-9-18/h10-14,18,27H,5-9H2,1-4H3/b20-14+,27-23?. The minimum atomic E-state index is -0.387. The summed E-state index contributed by atoms with van der Waals surface area (Å²) in [6.45, 7) is 6.09. The minimum absolute atomic E-state index is 0.0891. The molecule has 1 aromatic heterocycles. The Morgan fingerprint density at radius 2 is 1.91 bits per heavy atom. The molecule has 34 heavy (non-hydrogen) atoms. The van der Waals surface area contributed by atoms with Crippen molar-refractivity contribution >= 4 is 39.8 Å². The van der Waals surface area contributed by atoms with Gasteiger partial charge >= 0.3 is 0 Å². The predicted octanol–water partition coefficient (Wildman–Crippen LogP) is 5.61. The Hall–Kier alpha value is -3.13. The van der Waals surface area contributed by atoms with E-state index >= 15 is 0 Å². The van der Waals surface area contributed by atoms with Crippen molar-refractivity contribution in [1.82, 2.24) is 9.58 Å². The molecule has 0 saturated heterocycles. The van der Waals surface area contributed by atoms with Crippen LogP contribution >= 0.6 is 11.8 Å². The van der Waals surface area contributed by atoms with Gasteiger partial charge in [-0.1, -0.05) is 25.3 Å². The summed E-state index contributed by atoms with van der Waals surface area (Å²) in [5.41, 5.74) is 5.19. The molecule has 8 heteroatoms. The van der Waals surface area contributed by atoms with E-state index in [1.807, 2.05) is 39.0 Å². The van der Waals surface area contributed by atoms with Crippen molar-refractivity contribution in [1.29, 1.82) is 5.41 Å². The molecule has 1 N–H and O–H groups in total. The van der Waals surface area contributed by atoms with Gasteiger partial charge in [0.15, 0.2) is 5.84 Å². The third kappa shape index (κ3) is 3.90. The van der Waals surface area contributed by atoms with E-state index in [0.29, 0.717) is 11.1 Å². The number of fused-ring (bicyclic) bond motifs is 1. The normalized spacial score (nSPS) is 20.0. The molecule has 0 radical (unpaired) electrons. The highest BCUT2D eigenvalue weighted by Crippen LogP contribution is 2.37. The number of hydrazone groups is 1. The first-order chi connectivity index (χ1) is 16.4. The minimum Gasteiger partial charge on any atom is -0.495 e. The number of carbonyl (C=O) groups excluding carboxylic acids is 1. The summed E-state index contributed by atoms with van der Waals surface area (Å²) in [7, 11) is 1.67. The van der Waals surface area contributed by atoms with E-state index in [0.717, 1.165) is 51.8 Å². The molecule has 1 amide bonds. The smallest absolute Gasteiger partial charge is 0.283 e. The van der Waals surface area contributed by atoms with Crippen molar-refractivity contribution in [2.75, 3.05) is 7.11 Å². The van der Waals surface area contributed by atoms with Crippen LogP contribution in [0.1, 0.15) is 54.6 Å².